The highest BCUT2D eigenvalue weighted by Gasteiger charge is 2.31. The van der Waals surface area contributed by atoms with Crippen LogP contribution in [-0.2, 0) is 10.0 Å². The van der Waals surface area contributed by atoms with Gasteiger partial charge in [-0.05, 0) is 64.2 Å². The van der Waals surface area contributed by atoms with Gasteiger partial charge in [0.15, 0.2) is 0 Å². The molecule has 28 heavy (non-hydrogen) atoms. The standard InChI is InChI=1S/C21H33N3O3S/c1-17(2)22(3)21(25)18-10-11-19(23-12-6-4-7-13-23)20(16-18)28(26,27)24-14-8-5-9-15-24/h10-11,16-17H,4-9,12-15H2,1-3H3. The van der Waals surface area contributed by atoms with Crippen molar-refractivity contribution < 1.29 is 13.2 Å². The van der Waals surface area contributed by atoms with Crippen molar-refractivity contribution in [2.24, 2.45) is 0 Å². The Hall–Kier alpha value is -1.60. The zero-order chi connectivity index (χ0) is 20.3. The Morgan fingerprint density at radius 2 is 1.54 bits per heavy atom. The van der Waals surface area contributed by atoms with Crippen molar-refractivity contribution in [3.05, 3.63) is 23.8 Å². The first-order valence-corrected chi connectivity index (χ1v) is 11.9. The monoisotopic (exact) mass is 407 g/mol. The lowest BCUT2D eigenvalue weighted by Gasteiger charge is -2.33. The van der Waals surface area contributed by atoms with E-state index in [1.165, 1.54) is 6.42 Å². The van der Waals surface area contributed by atoms with Crippen LogP contribution < -0.4 is 4.90 Å². The zero-order valence-corrected chi connectivity index (χ0v) is 18.2. The third-order valence-corrected chi connectivity index (χ3v) is 7.86. The van der Waals surface area contributed by atoms with Gasteiger partial charge in [-0.1, -0.05) is 6.42 Å². The van der Waals surface area contributed by atoms with Crippen LogP contribution in [0.2, 0.25) is 0 Å². The second-order valence-electron chi connectivity index (χ2n) is 8.20. The van der Waals surface area contributed by atoms with Gasteiger partial charge in [-0.25, -0.2) is 8.42 Å². The topological polar surface area (TPSA) is 60.9 Å². The van der Waals surface area contributed by atoms with Gasteiger partial charge in [0.25, 0.3) is 5.91 Å². The maximum atomic E-state index is 13.5. The molecular weight excluding hydrogens is 374 g/mol. The van der Waals surface area contributed by atoms with E-state index in [0.717, 1.165) is 50.9 Å². The Balaban J connectivity index is 2.04. The predicted octanol–water partition coefficient (Wildman–Crippen LogP) is 3.33. The Morgan fingerprint density at radius 1 is 0.964 bits per heavy atom. The molecule has 6 nitrogen and oxygen atoms in total. The molecule has 1 aromatic carbocycles. The lowest BCUT2D eigenvalue weighted by atomic mass is 10.1. The molecule has 0 atom stereocenters. The molecule has 3 rings (SSSR count). The third-order valence-electron chi connectivity index (χ3n) is 5.93. The minimum Gasteiger partial charge on any atom is -0.370 e. The third kappa shape index (κ3) is 4.35. The molecule has 7 heteroatoms. The number of amides is 1. The van der Waals surface area contributed by atoms with Gasteiger partial charge >= 0.3 is 0 Å². The number of rotatable bonds is 5. The van der Waals surface area contributed by atoms with Crippen LogP contribution >= 0.6 is 0 Å². The smallest absolute Gasteiger partial charge is 0.253 e. The summed E-state index contributed by atoms with van der Waals surface area (Å²) in [6, 6.07) is 5.27. The van der Waals surface area contributed by atoms with Gasteiger partial charge in [-0.15, -0.1) is 0 Å². The Kier molecular flexibility index (Phi) is 6.65. The van der Waals surface area contributed by atoms with E-state index >= 15 is 0 Å². The molecule has 2 fully saturated rings. The summed E-state index contributed by atoms with van der Waals surface area (Å²) in [5.74, 6) is -0.143. The molecule has 0 spiro atoms. The van der Waals surface area contributed by atoms with Crippen LogP contribution in [0, 0.1) is 0 Å². The van der Waals surface area contributed by atoms with Crippen molar-refractivity contribution in [2.45, 2.75) is 63.3 Å². The molecule has 2 aliphatic rings. The van der Waals surface area contributed by atoms with E-state index in [2.05, 4.69) is 4.90 Å². The summed E-state index contributed by atoms with van der Waals surface area (Å²) in [6.45, 7) is 6.75. The molecule has 2 saturated heterocycles. The van der Waals surface area contributed by atoms with Crippen molar-refractivity contribution >= 4 is 21.6 Å². The zero-order valence-electron chi connectivity index (χ0n) is 17.4. The number of nitrogens with zero attached hydrogens (tertiary/aromatic N) is 3. The second-order valence-corrected chi connectivity index (χ2v) is 10.1. The fourth-order valence-electron chi connectivity index (χ4n) is 3.93. The van der Waals surface area contributed by atoms with Crippen LogP contribution in [0.5, 0.6) is 0 Å². The molecule has 0 aromatic heterocycles. The van der Waals surface area contributed by atoms with E-state index in [4.69, 9.17) is 0 Å². The maximum absolute atomic E-state index is 13.5. The number of piperidine rings is 2. The van der Waals surface area contributed by atoms with Crippen molar-refractivity contribution in [1.29, 1.82) is 0 Å². The van der Waals surface area contributed by atoms with E-state index in [-0.39, 0.29) is 11.9 Å². The lowest BCUT2D eigenvalue weighted by Crippen LogP contribution is -2.38. The molecule has 156 valence electrons. The number of hydrogen-bond donors (Lipinski definition) is 0. The van der Waals surface area contributed by atoms with E-state index in [1.54, 1.807) is 28.4 Å². The predicted molar refractivity (Wildman–Crippen MR) is 112 cm³/mol. The Labute approximate surface area is 169 Å². The Morgan fingerprint density at radius 3 is 2.11 bits per heavy atom. The molecule has 0 saturated carbocycles. The SMILES string of the molecule is CC(C)N(C)C(=O)c1ccc(N2CCCCC2)c(S(=O)(=O)N2CCCCC2)c1. The highest BCUT2D eigenvalue weighted by Crippen LogP contribution is 2.32. The van der Waals surface area contributed by atoms with Crippen molar-refractivity contribution in [3.63, 3.8) is 0 Å². The molecule has 2 aliphatic heterocycles. The number of hydrogen-bond acceptors (Lipinski definition) is 4. The minimum atomic E-state index is -3.62. The summed E-state index contributed by atoms with van der Waals surface area (Å²) < 4.78 is 28.6. The summed E-state index contributed by atoms with van der Waals surface area (Å²) in [5, 5.41) is 0. The quantitative estimate of drug-likeness (QED) is 0.751. The van der Waals surface area contributed by atoms with Gasteiger partial charge in [-0.2, -0.15) is 4.31 Å². The fraction of sp³-hybridized carbons (Fsp3) is 0.667. The van der Waals surface area contributed by atoms with E-state index in [9.17, 15) is 13.2 Å². The number of sulfonamides is 1. The number of carbonyl (C=O) groups is 1. The summed E-state index contributed by atoms with van der Waals surface area (Å²) in [4.78, 5) is 16.9. The number of carbonyl (C=O) groups excluding carboxylic acids is 1. The lowest BCUT2D eigenvalue weighted by molar-refractivity contribution is 0.0754. The average Bonchev–Trinajstić information content (AvgIpc) is 2.73. The Bertz CT molecular complexity index is 795. The van der Waals surface area contributed by atoms with Gasteiger partial charge < -0.3 is 9.80 Å². The van der Waals surface area contributed by atoms with E-state index in [0.29, 0.717) is 23.5 Å². The normalized spacial score (nSPS) is 19.1. The van der Waals surface area contributed by atoms with Crippen molar-refractivity contribution in [2.75, 3.05) is 38.1 Å². The highest BCUT2D eigenvalue weighted by molar-refractivity contribution is 7.89. The van der Waals surface area contributed by atoms with Crippen molar-refractivity contribution in [1.82, 2.24) is 9.21 Å². The van der Waals surface area contributed by atoms with Gasteiger partial charge in [-0.3, -0.25) is 4.79 Å². The summed E-state index contributed by atoms with van der Waals surface area (Å²) in [6.07, 6.45) is 6.18. The summed E-state index contributed by atoms with van der Waals surface area (Å²) >= 11 is 0. The molecule has 0 aliphatic carbocycles. The molecule has 1 amide bonds. The molecule has 0 bridgehead atoms. The molecule has 0 radical (unpaired) electrons. The van der Waals surface area contributed by atoms with Crippen LogP contribution in [0.4, 0.5) is 5.69 Å². The maximum Gasteiger partial charge on any atom is 0.253 e. The summed E-state index contributed by atoms with van der Waals surface area (Å²) in [5.41, 5.74) is 1.18. The van der Waals surface area contributed by atoms with Crippen LogP contribution in [0.1, 0.15) is 62.7 Å². The van der Waals surface area contributed by atoms with Gasteiger partial charge in [0.1, 0.15) is 4.90 Å². The van der Waals surface area contributed by atoms with E-state index in [1.807, 2.05) is 19.9 Å². The minimum absolute atomic E-state index is 0.0522. The highest BCUT2D eigenvalue weighted by atomic mass is 32.2. The van der Waals surface area contributed by atoms with Crippen LogP contribution in [-0.4, -0.2) is 62.8 Å². The van der Waals surface area contributed by atoms with Crippen molar-refractivity contribution in [3.8, 4) is 0 Å². The van der Waals surface area contributed by atoms with E-state index < -0.39 is 10.0 Å². The van der Waals surface area contributed by atoms with Gasteiger partial charge in [0.05, 0.1) is 5.69 Å². The molecular formula is C21H33N3O3S. The first-order valence-electron chi connectivity index (χ1n) is 10.5. The molecule has 0 N–H and O–H groups in total. The van der Waals surface area contributed by atoms with Crippen LogP contribution in [0.15, 0.2) is 23.1 Å². The summed E-state index contributed by atoms with van der Waals surface area (Å²) in [7, 11) is -1.87. The second kappa shape index (κ2) is 8.82. The first kappa shape index (κ1) is 21.1. The van der Waals surface area contributed by atoms with Gasteiger partial charge in [0.2, 0.25) is 10.0 Å². The molecule has 2 heterocycles. The first-order chi connectivity index (χ1) is 13.3. The number of anilines is 1. The van der Waals surface area contributed by atoms with Crippen LogP contribution in [0.25, 0.3) is 0 Å². The molecule has 0 unspecified atom stereocenters. The molecule has 1 aromatic rings. The number of benzene rings is 1. The fourth-order valence-corrected chi connectivity index (χ4v) is 5.69. The van der Waals surface area contributed by atoms with Crippen LogP contribution in [0.3, 0.4) is 0 Å². The van der Waals surface area contributed by atoms with Gasteiger partial charge in [0, 0.05) is 44.8 Å². The largest absolute Gasteiger partial charge is 0.370 e. The average molecular weight is 408 g/mol.